The van der Waals surface area contributed by atoms with Crippen LogP contribution in [0.1, 0.15) is 21.8 Å². The first-order valence-corrected chi connectivity index (χ1v) is 6.28. The third-order valence-electron chi connectivity index (χ3n) is 3.17. The number of hydrogen-bond acceptors (Lipinski definition) is 4. The van der Waals surface area contributed by atoms with Crippen LogP contribution in [0.25, 0.3) is 10.9 Å². The molecule has 0 aliphatic rings. The highest BCUT2D eigenvalue weighted by Crippen LogP contribution is 2.21. The lowest BCUT2D eigenvalue weighted by Crippen LogP contribution is -1.97. The van der Waals surface area contributed by atoms with E-state index in [1.165, 1.54) is 0 Å². The number of nitrogens with zero attached hydrogens (tertiary/aromatic N) is 2. The molecule has 2 heterocycles. The molecule has 0 aliphatic heterocycles. The molecule has 0 fully saturated rings. The van der Waals surface area contributed by atoms with Crippen LogP contribution in [0, 0.1) is 0 Å². The number of ether oxygens (including phenoxy) is 1. The molecule has 0 amide bonds. The first-order chi connectivity index (χ1) is 9.81. The zero-order valence-corrected chi connectivity index (χ0v) is 11.1. The number of fused-ring (bicyclic) bond motifs is 1. The van der Waals surface area contributed by atoms with Crippen LogP contribution in [-0.2, 0) is 17.9 Å². The second-order valence-corrected chi connectivity index (χ2v) is 4.56. The van der Waals surface area contributed by atoms with Gasteiger partial charge in [-0.2, -0.15) is 0 Å². The van der Waals surface area contributed by atoms with E-state index in [1.807, 2.05) is 41.1 Å². The minimum Gasteiger partial charge on any atom is -0.377 e. The minimum absolute atomic E-state index is 0.402. The molecule has 0 spiro atoms. The monoisotopic (exact) mass is 270 g/mol. The van der Waals surface area contributed by atoms with Crippen LogP contribution >= 0.6 is 0 Å². The molecular formula is C15H14N2O3. The zero-order valence-electron chi connectivity index (χ0n) is 11.1. The Bertz CT molecular complexity index is 742. The van der Waals surface area contributed by atoms with Gasteiger partial charge in [0.05, 0.1) is 6.54 Å². The van der Waals surface area contributed by atoms with Crippen molar-refractivity contribution in [3.8, 4) is 0 Å². The summed E-state index contributed by atoms with van der Waals surface area (Å²) in [5.74, 6) is 0.689. The van der Waals surface area contributed by atoms with Crippen molar-refractivity contribution in [2.24, 2.45) is 0 Å². The number of carbonyl (C=O) groups is 1. The van der Waals surface area contributed by atoms with Crippen LogP contribution in [0.15, 0.2) is 41.1 Å². The summed E-state index contributed by atoms with van der Waals surface area (Å²) in [6.45, 7) is 0.959. The average Bonchev–Trinajstić information content (AvgIpc) is 3.05. The molecule has 0 atom stereocenters. The third kappa shape index (κ3) is 2.23. The van der Waals surface area contributed by atoms with Crippen molar-refractivity contribution in [1.29, 1.82) is 0 Å². The molecule has 0 unspecified atom stereocenters. The quantitative estimate of drug-likeness (QED) is 0.669. The van der Waals surface area contributed by atoms with Gasteiger partial charge in [-0.25, -0.2) is 0 Å². The molecule has 2 aromatic heterocycles. The SMILES string of the molecule is COCc1cc(Cn2cc(C=O)c3ccccc32)no1. The Hall–Kier alpha value is -2.40. The Kier molecular flexibility index (Phi) is 3.35. The standard InChI is InChI=1S/C15H14N2O3/c1-19-10-13-6-12(16-20-13)8-17-7-11(9-18)14-4-2-3-5-15(14)17/h2-7,9H,8,10H2,1H3. The van der Waals surface area contributed by atoms with Crippen molar-refractivity contribution in [3.05, 3.63) is 53.5 Å². The number of hydrogen-bond donors (Lipinski definition) is 0. The first kappa shape index (κ1) is 12.6. The maximum Gasteiger partial charge on any atom is 0.162 e. The summed E-state index contributed by atoms with van der Waals surface area (Å²) in [6.07, 6.45) is 2.71. The van der Waals surface area contributed by atoms with Crippen molar-refractivity contribution < 1.29 is 14.1 Å². The first-order valence-electron chi connectivity index (χ1n) is 6.28. The third-order valence-corrected chi connectivity index (χ3v) is 3.17. The van der Waals surface area contributed by atoms with Gasteiger partial charge in [0.15, 0.2) is 12.0 Å². The van der Waals surface area contributed by atoms with E-state index < -0.39 is 0 Å². The van der Waals surface area contributed by atoms with Gasteiger partial charge in [-0.05, 0) is 6.07 Å². The number of methoxy groups -OCH3 is 1. The fourth-order valence-corrected chi connectivity index (χ4v) is 2.32. The fraction of sp³-hybridized carbons (Fsp3) is 0.200. The number of aromatic nitrogens is 2. The molecule has 0 bridgehead atoms. The predicted octanol–water partition coefficient (Wildman–Crippen LogP) is 2.64. The lowest BCUT2D eigenvalue weighted by Gasteiger charge is -2.01. The maximum atomic E-state index is 11.1. The minimum atomic E-state index is 0.402. The highest BCUT2D eigenvalue weighted by Gasteiger charge is 2.10. The molecule has 102 valence electrons. The molecule has 0 N–H and O–H groups in total. The van der Waals surface area contributed by atoms with E-state index in [1.54, 1.807) is 7.11 Å². The summed E-state index contributed by atoms with van der Waals surface area (Å²) >= 11 is 0. The number of para-hydroxylation sites is 1. The molecule has 0 saturated heterocycles. The van der Waals surface area contributed by atoms with Crippen LogP contribution in [-0.4, -0.2) is 23.1 Å². The van der Waals surface area contributed by atoms with E-state index in [-0.39, 0.29) is 0 Å². The van der Waals surface area contributed by atoms with Crippen LogP contribution in [0.3, 0.4) is 0 Å². The number of carbonyl (C=O) groups excluding carboxylic acids is 1. The Morgan fingerprint density at radius 1 is 1.40 bits per heavy atom. The molecule has 0 radical (unpaired) electrons. The molecule has 5 heteroatoms. The maximum absolute atomic E-state index is 11.1. The van der Waals surface area contributed by atoms with Crippen LogP contribution in [0.4, 0.5) is 0 Å². The van der Waals surface area contributed by atoms with Crippen LogP contribution in [0.5, 0.6) is 0 Å². The average molecular weight is 270 g/mol. The van der Waals surface area contributed by atoms with Gasteiger partial charge in [0.2, 0.25) is 0 Å². The van der Waals surface area contributed by atoms with E-state index in [9.17, 15) is 4.79 Å². The Morgan fingerprint density at radius 3 is 3.05 bits per heavy atom. The molecule has 0 saturated carbocycles. The van der Waals surface area contributed by atoms with E-state index >= 15 is 0 Å². The molecular weight excluding hydrogens is 256 g/mol. The molecule has 0 aliphatic carbocycles. The van der Waals surface area contributed by atoms with Crippen molar-refractivity contribution in [3.63, 3.8) is 0 Å². The molecule has 20 heavy (non-hydrogen) atoms. The normalized spacial score (nSPS) is 11.1. The van der Waals surface area contributed by atoms with Gasteiger partial charge >= 0.3 is 0 Å². The summed E-state index contributed by atoms with van der Waals surface area (Å²) in [5.41, 5.74) is 2.49. The second kappa shape index (κ2) is 5.30. The van der Waals surface area contributed by atoms with Gasteiger partial charge in [0, 0.05) is 35.8 Å². The van der Waals surface area contributed by atoms with Gasteiger partial charge in [-0.15, -0.1) is 0 Å². The van der Waals surface area contributed by atoms with Gasteiger partial charge in [0.25, 0.3) is 0 Å². The summed E-state index contributed by atoms with van der Waals surface area (Å²) < 4.78 is 12.2. The molecule has 3 rings (SSSR count). The summed E-state index contributed by atoms with van der Waals surface area (Å²) in [5, 5.41) is 4.96. The number of aldehydes is 1. The molecule has 1 aromatic carbocycles. The Morgan fingerprint density at radius 2 is 2.25 bits per heavy atom. The summed E-state index contributed by atoms with van der Waals surface area (Å²) in [4.78, 5) is 11.1. The van der Waals surface area contributed by atoms with E-state index in [0.717, 1.165) is 22.9 Å². The van der Waals surface area contributed by atoms with Crippen molar-refractivity contribution in [2.45, 2.75) is 13.2 Å². The second-order valence-electron chi connectivity index (χ2n) is 4.56. The largest absolute Gasteiger partial charge is 0.377 e. The Balaban J connectivity index is 1.95. The van der Waals surface area contributed by atoms with Crippen LogP contribution in [0.2, 0.25) is 0 Å². The Labute approximate surface area is 115 Å². The zero-order chi connectivity index (χ0) is 13.9. The van der Waals surface area contributed by atoms with E-state index in [2.05, 4.69) is 5.16 Å². The van der Waals surface area contributed by atoms with Gasteiger partial charge < -0.3 is 13.8 Å². The van der Waals surface area contributed by atoms with E-state index in [4.69, 9.17) is 9.26 Å². The summed E-state index contributed by atoms with van der Waals surface area (Å²) in [6, 6.07) is 9.66. The topological polar surface area (TPSA) is 57.3 Å². The van der Waals surface area contributed by atoms with Gasteiger partial charge in [0.1, 0.15) is 12.3 Å². The smallest absolute Gasteiger partial charge is 0.162 e. The van der Waals surface area contributed by atoms with Gasteiger partial charge in [-0.1, -0.05) is 23.4 Å². The fourth-order valence-electron chi connectivity index (χ4n) is 2.32. The van der Waals surface area contributed by atoms with Crippen molar-refractivity contribution >= 4 is 17.2 Å². The van der Waals surface area contributed by atoms with Crippen LogP contribution < -0.4 is 0 Å². The molecule has 5 nitrogen and oxygen atoms in total. The predicted molar refractivity (Wildman–Crippen MR) is 73.6 cm³/mol. The van der Waals surface area contributed by atoms with Gasteiger partial charge in [-0.3, -0.25) is 4.79 Å². The molecule has 3 aromatic rings. The van der Waals surface area contributed by atoms with Crippen molar-refractivity contribution in [2.75, 3.05) is 7.11 Å². The highest BCUT2D eigenvalue weighted by atomic mass is 16.5. The van der Waals surface area contributed by atoms with E-state index in [0.29, 0.717) is 24.5 Å². The number of benzene rings is 1. The number of rotatable bonds is 5. The highest BCUT2D eigenvalue weighted by molar-refractivity contribution is 5.97. The van der Waals surface area contributed by atoms with Crippen molar-refractivity contribution in [1.82, 2.24) is 9.72 Å². The summed E-state index contributed by atoms with van der Waals surface area (Å²) in [7, 11) is 1.61. The lowest BCUT2D eigenvalue weighted by molar-refractivity contribution is 0.112. The lowest BCUT2D eigenvalue weighted by atomic mass is 10.2.